The third-order valence-electron chi connectivity index (χ3n) is 4.30. The molecule has 1 saturated heterocycles. The van der Waals surface area contributed by atoms with E-state index in [4.69, 9.17) is 4.74 Å². The smallest absolute Gasteiger partial charge is 0.318 e. The highest BCUT2D eigenvalue weighted by Gasteiger charge is 2.29. The predicted octanol–water partition coefficient (Wildman–Crippen LogP) is 3.74. The number of benzene rings is 2. The van der Waals surface area contributed by atoms with Crippen molar-refractivity contribution >= 4 is 6.03 Å². The number of urea groups is 1. The summed E-state index contributed by atoms with van der Waals surface area (Å²) in [7, 11) is 1.66. The molecule has 1 aliphatic heterocycles. The molecule has 0 radical (unpaired) electrons. The molecule has 0 unspecified atom stereocenters. The Bertz CT molecular complexity index is 640. The highest BCUT2D eigenvalue weighted by Crippen LogP contribution is 2.32. The lowest BCUT2D eigenvalue weighted by atomic mass is 10.0. The second-order valence-electron chi connectivity index (χ2n) is 5.77. The number of hydrogen-bond acceptors (Lipinski definition) is 2. The Morgan fingerprint density at radius 1 is 1.17 bits per heavy atom. The van der Waals surface area contributed by atoms with E-state index in [0.29, 0.717) is 6.54 Å². The monoisotopic (exact) mass is 310 g/mol. The quantitative estimate of drug-likeness (QED) is 0.934. The summed E-state index contributed by atoms with van der Waals surface area (Å²) in [6, 6.07) is 18.1. The first-order chi connectivity index (χ1) is 11.3. The Morgan fingerprint density at radius 3 is 2.61 bits per heavy atom. The van der Waals surface area contributed by atoms with Crippen LogP contribution in [0.5, 0.6) is 5.75 Å². The van der Waals surface area contributed by atoms with Crippen molar-refractivity contribution in [3.8, 4) is 5.75 Å². The van der Waals surface area contributed by atoms with Gasteiger partial charge in [0.2, 0.25) is 0 Å². The van der Waals surface area contributed by atoms with Gasteiger partial charge in [-0.15, -0.1) is 0 Å². The van der Waals surface area contributed by atoms with E-state index in [1.807, 2.05) is 59.5 Å². The molecule has 0 saturated carbocycles. The normalized spacial score (nSPS) is 17.1. The zero-order valence-electron chi connectivity index (χ0n) is 13.4. The van der Waals surface area contributed by atoms with Crippen molar-refractivity contribution in [1.29, 1.82) is 0 Å². The van der Waals surface area contributed by atoms with Crippen molar-refractivity contribution in [1.82, 2.24) is 10.2 Å². The first-order valence-corrected chi connectivity index (χ1v) is 8.00. The van der Waals surface area contributed by atoms with Gasteiger partial charge in [-0.1, -0.05) is 42.5 Å². The lowest BCUT2D eigenvalue weighted by molar-refractivity contribution is 0.192. The van der Waals surface area contributed by atoms with Crippen LogP contribution < -0.4 is 10.1 Å². The Labute approximate surface area is 137 Å². The second kappa shape index (κ2) is 7.18. The number of rotatable bonds is 4. The van der Waals surface area contributed by atoms with Crippen molar-refractivity contribution in [3.63, 3.8) is 0 Å². The number of nitrogens with zero attached hydrogens (tertiary/aromatic N) is 1. The first kappa shape index (κ1) is 15.4. The van der Waals surface area contributed by atoms with Crippen LogP contribution in [-0.4, -0.2) is 24.6 Å². The zero-order valence-corrected chi connectivity index (χ0v) is 13.4. The molecule has 2 aromatic carbocycles. The molecule has 0 aromatic heterocycles. The van der Waals surface area contributed by atoms with Gasteiger partial charge in [-0.2, -0.15) is 0 Å². The predicted molar refractivity (Wildman–Crippen MR) is 90.4 cm³/mol. The van der Waals surface area contributed by atoms with Crippen LogP contribution in [-0.2, 0) is 6.54 Å². The maximum absolute atomic E-state index is 12.5. The van der Waals surface area contributed by atoms with E-state index >= 15 is 0 Å². The number of nitrogens with one attached hydrogen (secondary N) is 1. The molecular weight excluding hydrogens is 288 g/mol. The fourth-order valence-electron chi connectivity index (χ4n) is 3.06. The topological polar surface area (TPSA) is 41.6 Å². The summed E-state index contributed by atoms with van der Waals surface area (Å²) in [5, 5.41) is 3.03. The van der Waals surface area contributed by atoms with Crippen molar-refractivity contribution in [2.75, 3.05) is 13.7 Å². The maximum Gasteiger partial charge on any atom is 0.318 e. The Morgan fingerprint density at radius 2 is 1.91 bits per heavy atom. The average molecular weight is 310 g/mol. The molecule has 4 heteroatoms. The molecule has 1 heterocycles. The summed E-state index contributed by atoms with van der Waals surface area (Å²) in [5.74, 6) is 0.840. The SMILES string of the molecule is COc1ccc([C@H]2CCCN2C(=O)NCc2ccccc2)cc1. The van der Waals surface area contributed by atoms with E-state index in [1.54, 1.807) is 7.11 Å². The number of likely N-dealkylation sites (tertiary alicyclic amines) is 1. The highest BCUT2D eigenvalue weighted by molar-refractivity contribution is 5.75. The summed E-state index contributed by atoms with van der Waals surface area (Å²) in [6.07, 6.45) is 2.04. The van der Waals surface area contributed by atoms with Crippen LogP contribution in [0.4, 0.5) is 4.79 Å². The minimum absolute atomic E-state index is 0.00664. The molecule has 0 aliphatic carbocycles. The Hall–Kier alpha value is -2.49. The van der Waals surface area contributed by atoms with Crippen LogP contribution in [0.1, 0.15) is 30.0 Å². The second-order valence-corrected chi connectivity index (χ2v) is 5.77. The van der Waals surface area contributed by atoms with Gasteiger partial charge in [0.05, 0.1) is 13.2 Å². The molecule has 120 valence electrons. The average Bonchev–Trinajstić information content (AvgIpc) is 3.10. The molecule has 0 bridgehead atoms. The van der Waals surface area contributed by atoms with Gasteiger partial charge in [0, 0.05) is 13.1 Å². The minimum atomic E-state index is 0.00664. The van der Waals surface area contributed by atoms with Crippen molar-refractivity contribution < 1.29 is 9.53 Å². The number of carbonyl (C=O) groups is 1. The summed E-state index contributed by atoms with van der Waals surface area (Å²) in [6.45, 7) is 1.36. The largest absolute Gasteiger partial charge is 0.497 e. The van der Waals surface area contributed by atoms with Crippen molar-refractivity contribution in [2.45, 2.75) is 25.4 Å². The summed E-state index contributed by atoms with van der Waals surface area (Å²) >= 11 is 0. The summed E-state index contributed by atoms with van der Waals surface area (Å²) in [4.78, 5) is 14.5. The first-order valence-electron chi connectivity index (χ1n) is 8.00. The van der Waals surface area contributed by atoms with Crippen molar-refractivity contribution in [3.05, 3.63) is 65.7 Å². The number of hydrogen-bond donors (Lipinski definition) is 1. The summed E-state index contributed by atoms with van der Waals surface area (Å²) < 4.78 is 5.20. The third kappa shape index (κ3) is 3.65. The van der Waals surface area contributed by atoms with Crippen LogP contribution in [0, 0.1) is 0 Å². The Balaban J connectivity index is 1.64. The summed E-state index contributed by atoms with van der Waals surface area (Å²) in [5.41, 5.74) is 2.28. The number of ether oxygens (including phenoxy) is 1. The lowest BCUT2D eigenvalue weighted by Gasteiger charge is -2.25. The molecular formula is C19H22N2O2. The van der Waals surface area contributed by atoms with Gasteiger partial charge in [0.15, 0.2) is 0 Å². The molecule has 1 atom stereocenters. The molecule has 1 fully saturated rings. The van der Waals surface area contributed by atoms with E-state index in [0.717, 1.165) is 36.3 Å². The van der Waals surface area contributed by atoms with Gasteiger partial charge in [-0.05, 0) is 36.1 Å². The molecule has 4 nitrogen and oxygen atoms in total. The standard InChI is InChI=1S/C19H22N2O2/c1-23-17-11-9-16(10-12-17)18-8-5-13-21(18)19(22)20-14-15-6-3-2-4-7-15/h2-4,6-7,9-12,18H,5,8,13-14H2,1H3,(H,20,22)/t18-/m1/s1. The van der Waals surface area contributed by atoms with Crippen LogP contribution in [0.25, 0.3) is 0 Å². The number of amides is 2. The Kier molecular flexibility index (Phi) is 4.81. The number of carbonyl (C=O) groups excluding carboxylic acids is 1. The van der Waals surface area contributed by atoms with E-state index in [-0.39, 0.29) is 12.1 Å². The molecule has 1 N–H and O–H groups in total. The van der Waals surface area contributed by atoms with Gasteiger partial charge < -0.3 is 15.0 Å². The van der Waals surface area contributed by atoms with Gasteiger partial charge in [-0.3, -0.25) is 0 Å². The number of methoxy groups -OCH3 is 1. The van der Waals surface area contributed by atoms with E-state index in [9.17, 15) is 4.79 Å². The zero-order chi connectivity index (χ0) is 16.1. The molecule has 2 amide bonds. The molecule has 3 rings (SSSR count). The molecule has 1 aliphatic rings. The molecule has 23 heavy (non-hydrogen) atoms. The van der Waals surface area contributed by atoms with E-state index in [1.165, 1.54) is 0 Å². The van der Waals surface area contributed by atoms with Crippen LogP contribution in [0.15, 0.2) is 54.6 Å². The fraction of sp³-hybridized carbons (Fsp3) is 0.316. The van der Waals surface area contributed by atoms with Crippen LogP contribution >= 0.6 is 0 Å². The van der Waals surface area contributed by atoms with Crippen molar-refractivity contribution in [2.24, 2.45) is 0 Å². The van der Waals surface area contributed by atoms with E-state index < -0.39 is 0 Å². The van der Waals surface area contributed by atoms with Crippen LogP contribution in [0.2, 0.25) is 0 Å². The molecule has 0 spiro atoms. The minimum Gasteiger partial charge on any atom is -0.497 e. The van der Waals surface area contributed by atoms with Gasteiger partial charge in [-0.25, -0.2) is 4.79 Å². The van der Waals surface area contributed by atoms with Crippen LogP contribution in [0.3, 0.4) is 0 Å². The maximum atomic E-state index is 12.5. The van der Waals surface area contributed by atoms with Gasteiger partial charge in [0.25, 0.3) is 0 Å². The van der Waals surface area contributed by atoms with Gasteiger partial charge >= 0.3 is 6.03 Å². The van der Waals surface area contributed by atoms with Gasteiger partial charge in [0.1, 0.15) is 5.75 Å². The third-order valence-corrected chi connectivity index (χ3v) is 4.30. The highest BCUT2D eigenvalue weighted by atomic mass is 16.5. The lowest BCUT2D eigenvalue weighted by Crippen LogP contribution is -2.39. The van der Waals surface area contributed by atoms with E-state index in [2.05, 4.69) is 5.32 Å². The molecule has 2 aromatic rings. The fourth-order valence-corrected chi connectivity index (χ4v) is 3.06.